The second kappa shape index (κ2) is 6.03. The topological polar surface area (TPSA) is 34.1 Å². The van der Waals surface area contributed by atoms with Gasteiger partial charge in [0.05, 0.1) is 27.8 Å². The lowest BCUT2D eigenvalue weighted by Crippen LogP contribution is -2.06. The van der Waals surface area contributed by atoms with Crippen LogP contribution in [-0.2, 0) is 0 Å². The minimum absolute atomic E-state index is 0.147. The Hall–Kier alpha value is -1.59. The number of halogens is 1. The summed E-state index contributed by atoms with van der Waals surface area (Å²) in [6, 6.07) is 14.3. The highest BCUT2D eigenvalue weighted by molar-refractivity contribution is 9.10. The molecule has 0 bridgehead atoms. The Kier molecular flexibility index (Phi) is 4.12. The Labute approximate surface area is 136 Å². The monoisotopic (exact) mass is 362 g/mol. The molecule has 1 N–H and O–H groups in total. The van der Waals surface area contributed by atoms with Gasteiger partial charge in [-0.15, -0.1) is 11.3 Å². The Bertz CT molecular complexity index is 739. The number of methoxy groups -OCH3 is 1. The van der Waals surface area contributed by atoms with Crippen LogP contribution in [-0.4, -0.2) is 12.1 Å². The molecule has 0 saturated heterocycles. The van der Waals surface area contributed by atoms with Gasteiger partial charge < -0.3 is 10.1 Å². The van der Waals surface area contributed by atoms with Crippen LogP contribution in [0, 0.1) is 0 Å². The minimum atomic E-state index is 0.147. The van der Waals surface area contributed by atoms with Gasteiger partial charge >= 0.3 is 0 Å². The zero-order valence-corrected chi connectivity index (χ0v) is 14.2. The molecule has 0 spiro atoms. The van der Waals surface area contributed by atoms with E-state index in [4.69, 9.17) is 4.74 Å². The van der Waals surface area contributed by atoms with Crippen molar-refractivity contribution in [2.75, 3.05) is 12.4 Å². The number of rotatable bonds is 4. The standard InChI is InChI=1S/C16H15BrN2OS/c1-10(16-19-13-5-3-4-6-15(13)21-16)18-11-7-8-12(17)14(9-11)20-2/h3-10,18H,1-2H3. The van der Waals surface area contributed by atoms with Gasteiger partial charge in [0.2, 0.25) is 0 Å². The maximum absolute atomic E-state index is 5.32. The Morgan fingerprint density at radius 3 is 2.81 bits per heavy atom. The Balaban J connectivity index is 1.83. The molecule has 1 atom stereocenters. The fraction of sp³-hybridized carbons (Fsp3) is 0.188. The maximum Gasteiger partial charge on any atom is 0.135 e. The summed E-state index contributed by atoms with van der Waals surface area (Å²) in [6.45, 7) is 2.12. The number of anilines is 1. The minimum Gasteiger partial charge on any atom is -0.495 e. The SMILES string of the molecule is COc1cc(NC(C)c2nc3ccccc3s2)ccc1Br. The molecular weight excluding hydrogens is 348 g/mol. The molecule has 2 aromatic carbocycles. The van der Waals surface area contributed by atoms with Crippen LogP contribution < -0.4 is 10.1 Å². The van der Waals surface area contributed by atoms with Crippen molar-refractivity contribution in [3.8, 4) is 5.75 Å². The highest BCUT2D eigenvalue weighted by atomic mass is 79.9. The van der Waals surface area contributed by atoms with Crippen LogP contribution in [0.4, 0.5) is 5.69 Å². The molecule has 5 heteroatoms. The van der Waals surface area contributed by atoms with E-state index < -0.39 is 0 Å². The molecule has 3 nitrogen and oxygen atoms in total. The molecule has 0 radical (unpaired) electrons. The van der Waals surface area contributed by atoms with Gasteiger partial charge in [-0.2, -0.15) is 0 Å². The molecule has 0 aliphatic rings. The van der Waals surface area contributed by atoms with E-state index in [9.17, 15) is 0 Å². The molecule has 3 aromatic rings. The number of benzene rings is 2. The summed E-state index contributed by atoms with van der Waals surface area (Å²) < 4.78 is 7.49. The molecule has 0 saturated carbocycles. The van der Waals surface area contributed by atoms with Gasteiger partial charge in [0, 0.05) is 11.8 Å². The number of nitrogens with zero attached hydrogens (tertiary/aromatic N) is 1. The van der Waals surface area contributed by atoms with E-state index >= 15 is 0 Å². The van der Waals surface area contributed by atoms with E-state index in [0.29, 0.717) is 0 Å². The van der Waals surface area contributed by atoms with Gasteiger partial charge in [-0.1, -0.05) is 12.1 Å². The average Bonchev–Trinajstić information content (AvgIpc) is 2.93. The van der Waals surface area contributed by atoms with Gasteiger partial charge in [-0.25, -0.2) is 4.98 Å². The predicted molar refractivity (Wildman–Crippen MR) is 92.4 cm³/mol. The lowest BCUT2D eigenvalue weighted by Gasteiger charge is -2.14. The Morgan fingerprint density at radius 2 is 2.05 bits per heavy atom. The first kappa shape index (κ1) is 14.4. The molecule has 1 heterocycles. The van der Waals surface area contributed by atoms with Crippen LogP contribution in [0.1, 0.15) is 18.0 Å². The quantitative estimate of drug-likeness (QED) is 0.688. The third-order valence-corrected chi connectivity index (χ3v) is 5.09. The Morgan fingerprint density at radius 1 is 1.24 bits per heavy atom. The highest BCUT2D eigenvalue weighted by Gasteiger charge is 2.12. The lowest BCUT2D eigenvalue weighted by molar-refractivity contribution is 0.412. The number of fused-ring (bicyclic) bond motifs is 1. The van der Waals surface area contributed by atoms with Crippen molar-refractivity contribution < 1.29 is 4.74 Å². The van der Waals surface area contributed by atoms with Gasteiger partial charge in [0.15, 0.2) is 0 Å². The van der Waals surface area contributed by atoms with Gasteiger partial charge in [-0.3, -0.25) is 0 Å². The van der Waals surface area contributed by atoms with E-state index in [1.54, 1.807) is 18.4 Å². The number of hydrogen-bond acceptors (Lipinski definition) is 4. The number of aromatic nitrogens is 1. The first-order valence-corrected chi connectivity index (χ1v) is 8.24. The average molecular weight is 363 g/mol. The van der Waals surface area contributed by atoms with Crippen LogP contribution in [0.15, 0.2) is 46.9 Å². The summed E-state index contributed by atoms with van der Waals surface area (Å²) >= 11 is 5.19. The second-order valence-electron chi connectivity index (χ2n) is 4.74. The number of para-hydroxylation sites is 1. The summed E-state index contributed by atoms with van der Waals surface area (Å²) in [4.78, 5) is 4.68. The van der Waals surface area contributed by atoms with Crippen LogP contribution in [0.5, 0.6) is 5.75 Å². The van der Waals surface area contributed by atoms with E-state index in [-0.39, 0.29) is 6.04 Å². The smallest absolute Gasteiger partial charge is 0.135 e. The van der Waals surface area contributed by atoms with Crippen LogP contribution in [0.25, 0.3) is 10.2 Å². The molecule has 0 aliphatic carbocycles. The van der Waals surface area contributed by atoms with Crippen molar-refractivity contribution in [2.24, 2.45) is 0 Å². The molecule has 0 fully saturated rings. The van der Waals surface area contributed by atoms with Crippen molar-refractivity contribution in [3.63, 3.8) is 0 Å². The van der Waals surface area contributed by atoms with E-state index in [1.807, 2.05) is 36.4 Å². The summed E-state index contributed by atoms with van der Waals surface area (Å²) in [7, 11) is 1.67. The van der Waals surface area contributed by atoms with Crippen molar-refractivity contribution in [2.45, 2.75) is 13.0 Å². The summed E-state index contributed by atoms with van der Waals surface area (Å²) in [5, 5.41) is 4.55. The fourth-order valence-electron chi connectivity index (χ4n) is 2.14. The molecule has 21 heavy (non-hydrogen) atoms. The van der Waals surface area contributed by atoms with Crippen molar-refractivity contribution in [1.29, 1.82) is 0 Å². The number of ether oxygens (including phenoxy) is 1. The first-order valence-electron chi connectivity index (χ1n) is 6.63. The third kappa shape index (κ3) is 3.04. The molecule has 1 unspecified atom stereocenters. The van der Waals surface area contributed by atoms with E-state index in [1.165, 1.54) is 4.70 Å². The lowest BCUT2D eigenvalue weighted by atomic mass is 10.2. The second-order valence-corrected chi connectivity index (χ2v) is 6.65. The van der Waals surface area contributed by atoms with E-state index in [0.717, 1.165) is 26.4 Å². The van der Waals surface area contributed by atoms with Gasteiger partial charge in [0.1, 0.15) is 10.8 Å². The molecular formula is C16H15BrN2OS. The zero-order valence-electron chi connectivity index (χ0n) is 11.8. The van der Waals surface area contributed by atoms with Crippen LogP contribution in [0.2, 0.25) is 0 Å². The largest absolute Gasteiger partial charge is 0.495 e. The number of nitrogens with one attached hydrogen (secondary N) is 1. The molecule has 3 rings (SSSR count). The molecule has 0 amide bonds. The third-order valence-electron chi connectivity index (χ3n) is 3.22. The molecule has 108 valence electrons. The number of hydrogen-bond donors (Lipinski definition) is 1. The van der Waals surface area contributed by atoms with Gasteiger partial charge in [0.25, 0.3) is 0 Å². The number of thiazole rings is 1. The van der Waals surface area contributed by atoms with Crippen molar-refractivity contribution in [1.82, 2.24) is 4.98 Å². The van der Waals surface area contributed by atoms with E-state index in [2.05, 4.69) is 39.2 Å². The highest BCUT2D eigenvalue weighted by Crippen LogP contribution is 2.31. The zero-order chi connectivity index (χ0) is 14.8. The molecule has 0 aliphatic heterocycles. The van der Waals surface area contributed by atoms with Crippen molar-refractivity contribution in [3.05, 3.63) is 51.9 Å². The molecule has 1 aromatic heterocycles. The normalized spacial score (nSPS) is 12.3. The predicted octanol–water partition coefficient (Wildman–Crippen LogP) is 5.24. The van der Waals surface area contributed by atoms with Gasteiger partial charge in [-0.05, 0) is 47.1 Å². The summed E-state index contributed by atoms with van der Waals surface area (Å²) in [6.07, 6.45) is 0. The van der Waals surface area contributed by atoms with Crippen LogP contribution in [0.3, 0.4) is 0 Å². The maximum atomic E-state index is 5.32. The van der Waals surface area contributed by atoms with Crippen LogP contribution >= 0.6 is 27.3 Å². The fourth-order valence-corrected chi connectivity index (χ4v) is 3.51. The first-order chi connectivity index (χ1) is 10.2. The summed E-state index contributed by atoms with van der Waals surface area (Å²) in [5.41, 5.74) is 2.07. The summed E-state index contributed by atoms with van der Waals surface area (Å²) in [5.74, 6) is 0.816. The van der Waals surface area contributed by atoms with Crippen molar-refractivity contribution >= 4 is 43.2 Å².